The van der Waals surface area contributed by atoms with Gasteiger partial charge in [0.15, 0.2) is 0 Å². The lowest BCUT2D eigenvalue weighted by molar-refractivity contribution is 0.376. The molecule has 1 atom stereocenters. The van der Waals surface area contributed by atoms with Crippen molar-refractivity contribution in [3.05, 3.63) is 93.7 Å². The summed E-state index contributed by atoms with van der Waals surface area (Å²) in [4.78, 5) is 0. The highest BCUT2D eigenvalue weighted by molar-refractivity contribution is 5.36. The van der Waals surface area contributed by atoms with Crippen LogP contribution in [-0.2, 0) is 0 Å². The number of unbranched alkanes of at least 4 members (excludes halogenated alkanes) is 1. The number of hydrogen-bond acceptors (Lipinski definition) is 0. The SMILES string of the molecule is CC1=C(/C=C/C(C)=C/CC/C(C)=C/CC/C=C(C)/C=C\CC(C)/C=C/C2=C(C)CCCC2(C)C)C(C)(C)CCC1. The summed E-state index contributed by atoms with van der Waals surface area (Å²) in [6.45, 7) is 23.3. The van der Waals surface area contributed by atoms with Gasteiger partial charge in [0.1, 0.15) is 0 Å². The first-order valence-corrected chi connectivity index (χ1v) is 16.2. The fraction of sp³-hybridized carbons (Fsp3) is 0.600. The third-order valence-electron chi connectivity index (χ3n) is 9.21. The Morgan fingerprint density at radius 2 is 1.25 bits per heavy atom. The monoisotopic (exact) mass is 542 g/mol. The van der Waals surface area contributed by atoms with Crippen molar-refractivity contribution in [2.75, 3.05) is 0 Å². The van der Waals surface area contributed by atoms with Crippen LogP contribution in [0, 0.1) is 16.7 Å². The van der Waals surface area contributed by atoms with E-state index in [0.29, 0.717) is 16.7 Å². The standard InChI is InChI=1S/C40H62/c1-31(19-13-21-33(3)25-27-37-35(5)23-15-29-39(37,7)8)17-11-12-18-32(2)20-14-22-34(4)26-28-38-36(6)24-16-30-40(38,9)10/h13,17-19,22,25-28,33H,11-12,14-16,20-21,23-24,29-30H2,1-10H3/b19-13-,27-25+,28-26+,31-17+,32-18+,34-22+. The molecule has 0 aromatic heterocycles. The molecule has 40 heavy (non-hydrogen) atoms. The Labute approximate surface area is 249 Å². The first kappa shape index (κ1) is 34.1. The summed E-state index contributed by atoms with van der Waals surface area (Å²) < 4.78 is 0. The van der Waals surface area contributed by atoms with E-state index < -0.39 is 0 Å². The fourth-order valence-electron chi connectivity index (χ4n) is 6.45. The van der Waals surface area contributed by atoms with E-state index >= 15 is 0 Å². The summed E-state index contributed by atoms with van der Waals surface area (Å²) in [6.07, 6.45) is 34.9. The predicted octanol–water partition coefficient (Wildman–Crippen LogP) is 13.1. The molecule has 0 fully saturated rings. The Hall–Kier alpha value is -2.08. The van der Waals surface area contributed by atoms with Crippen LogP contribution >= 0.6 is 0 Å². The second kappa shape index (κ2) is 16.4. The van der Waals surface area contributed by atoms with Gasteiger partial charge in [0, 0.05) is 0 Å². The van der Waals surface area contributed by atoms with Crippen molar-refractivity contribution in [1.82, 2.24) is 0 Å². The molecular weight excluding hydrogens is 480 g/mol. The third-order valence-corrected chi connectivity index (χ3v) is 9.21. The Bertz CT molecular complexity index is 1070. The summed E-state index contributed by atoms with van der Waals surface area (Å²) >= 11 is 0. The van der Waals surface area contributed by atoms with Gasteiger partial charge in [-0.25, -0.2) is 0 Å². The summed E-state index contributed by atoms with van der Waals surface area (Å²) in [5.41, 5.74) is 11.2. The topological polar surface area (TPSA) is 0 Å². The normalized spacial score (nSPS) is 21.9. The lowest BCUT2D eigenvalue weighted by atomic mass is 9.72. The van der Waals surface area contributed by atoms with E-state index in [9.17, 15) is 0 Å². The molecule has 1 unspecified atom stereocenters. The third kappa shape index (κ3) is 11.8. The van der Waals surface area contributed by atoms with Crippen LogP contribution in [0.2, 0.25) is 0 Å². The van der Waals surface area contributed by atoms with E-state index in [2.05, 4.69) is 124 Å². The molecule has 0 aromatic rings. The number of hydrogen-bond donors (Lipinski definition) is 0. The predicted molar refractivity (Wildman–Crippen MR) is 182 cm³/mol. The first-order valence-electron chi connectivity index (χ1n) is 16.2. The van der Waals surface area contributed by atoms with Crippen molar-refractivity contribution in [3.63, 3.8) is 0 Å². The average molecular weight is 543 g/mol. The van der Waals surface area contributed by atoms with Crippen LogP contribution in [0.1, 0.15) is 140 Å². The van der Waals surface area contributed by atoms with E-state index in [1.54, 1.807) is 22.3 Å². The summed E-state index contributed by atoms with van der Waals surface area (Å²) in [5, 5.41) is 0. The molecule has 0 spiro atoms. The Balaban J connectivity index is 1.72. The fourth-order valence-corrected chi connectivity index (χ4v) is 6.45. The molecule has 0 saturated carbocycles. The minimum absolute atomic E-state index is 0.320. The molecule has 0 aromatic carbocycles. The maximum atomic E-state index is 2.43. The van der Waals surface area contributed by atoms with Crippen LogP contribution in [0.4, 0.5) is 0 Å². The Kier molecular flexibility index (Phi) is 14.0. The zero-order chi connectivity index (χ0) is 29.8. The van der Waals surface area contributed by atoms with Crippen LogP contribution in [0.15, 0.2) is 93.7 Å². The molecule has 2 aliphatic carbocycles. The van der Waals surface area contributed by atoms with Crippen LogP contribution in [0.25, 0.3) is 0 Å². The van der Waals surface area contributed by atoms with Gasteiger partial charge in [0.05, 0.1) is 0 Å². The molecule has 2 rings (SSSR count). The summed E-state index contributed by atoms with van der Waals surface area (Å²) in [5.74, 6) is 0.571. The largest absolute Gasteiger partial charge is 0.0853 e. The molecule has 0 radical (unpaired) electrons. The second-order valence-corrected chi connectivity index (χ2v) is 14.2. The molecule has 0 N–H and O–H groups in total. The Morgan fingerprint density at radius 1 is 0.725 bits per heavy atom. The molecule has 0 nitrogen and oxygen atoms in total. The Morgan fingerprint density at radius 3 is 1.85 bits per heavy atom. The van der Waals surface area contributed by atoms with Crippen molar-refractivity contribution in [1.29, 1.82) is 0 Å². The van der Waals surface area contributed by atoms with Gasteiger partial charge in [0.25, 0.3) is 0 Å². The van der Waals surface area contributed by atoms with E-state index in [1.165, 1.54) is 55.2 Å². The quantitative estimate of drug-likeness (QED) is 0.123. The van der Waals surface area contributed by atoms with Gasteiger partial charge >= 0.3 is 0 Å². The highest BCUT2D eigenvalue weighted by atomic mass is 14.3. The lowest BCUT2D eigenvalue weighted by Crippen LogP contribution is -2.19. The van der Waals surface area contributed by atoms with Gasteiger partial charge in [-0.3, -0.25) is 0 Å². The first-order chi connectivity index (χ1) is 18.8. The zero-order valence-corrected chi connectivity index (χ0v) is 28.1. The molecule has 0 bridgehead atoms. The van der Waals surface area contributed by atoms with E-state index in [-0.39, 0.29) is 0 Å². The van der Waals surface area contributed by atoms with Crippen LogP contribution in [0.3, 0.4) is 0 Å². The maximum absolute atomic E-state index is 2.43. The highest BCUT2D eigenvalue weighted by Crippen LogP contribution is 2.41. The molecular formula is C40H62. The van der Waals surface area contributed by atoms with Crippen molar-refractivity contribution in [2.24, 2.45) is 16.7 Å². The minimum Gasteiger partial charge on any atom is -0.0853 e. The molecule has 222 valence electrons. The van der Waals surface area contributed by atoms with Crippen molar-refractivity contribution >= 4 is 0 Å². The average Bonchev–Trinajstić information content (AvgIpc) is 2.85. The molecule has 0 aliphatic heterocycles. The van der Waals surface area contributed by atoms with Gasteiger partial charge in [-0.15, -0.1) is 0 Å². The molecule has 0 heterocycles. The van der Waals surface area contributed by atoms with Crippen molar-refractivity contribution in [2.45, 2.75) is 140 Å². The second-order valence-electron chi connectivity index (χ2n) is 14.2. The molecule has 0 amide bonds. The van der Waals surface area contributed by atoms with E-state index in [0.717, 1.165) is 32.1 Å². The summed E-state index contributed by atoms with van der Waals surface area (Å²) in [6, 6.07) is 0. The molecule has 2 aliphatic rings. The molecule has 0 saturated heterocycles. The number of allylic oxidation sites excluding steroid dienone is 16. The van der Waals surface area contributed by atoms with Gasteiger partial charge in [-0.05, 0) is 133 Å². The van der Waals surface area contributed by atoms with Crippen LogP contribution in [-0.4, -0.2) is 0 Å². The summed E-state index contributed by atoms with van der Waals surface area (Å²) in [7, 11) is 0. The van der Waals surface area contributed by atoms with Gasteiger partial charge in [0.2, 0.25) is 0 Å². The van der Waals surface area contributed by atoms with Crippen molar-refractivity contribution in [3.8, 4) is 0 Å². The minimum atomic E-state index is 0.320. The van der Waals surface area contributed by atoms with Gasteiger partial charge in [-0.1, -0.05) is 117 Å². The zero-order valence-electron chi connectivity index (χ0n) is 28.1. The van der Waals surface area contributed by atoms with Crippen LogP contribution < -0.4 is 0 Å². The van der Waals surface area contributed by atoms with Gasteiger partial charge < -0.3 is 0 Å². The van der Waals surface area contributed by atoms with E-state index in [4.69, 9.17) is 0 Å². The smallest absolute Gasteiger partial charge is 0.0104 e. The number of rotatable bonds is 13. The van der Waals surface area contributed by atoms with Gasteiger partial charge in [-0.2, -0.15) is 0 Å². The van der Waals surface area contributed by atoms with Crippen LogP contribution in [0.5, 0.6) is 0 Å². The van der Waals surface area contributed by atoms with Crippen molar-refractivity contribution < 1.29 is 0 Å². The highest BCUT2D eigenvalue weighted by Gasteiger charge is 2.27. The van der Waals surface area contributed by atoms with E-state index in [1.807, 2.05) is 0 Å². The maximum Gasteiger partial charge on any atom is -0.0104 e. The molecule has 0 heteroatoms. The lowest BCUT2D eigenvalue weighted by Gasteiger charge is -2.33.